The fraction of sp³-hybridized carbons (Fsp3) is 0.346. The van der Waals surface area contributed by atoms with Crippen molar-refractivity contribution in [3.63, 3.8) is 0 Å². The van der Waals surface area contributed by atoms with Crippen molar-refractivity contribution in [2.45, 2.75) is 38.8 Å². The fourth-order valence-corrected chi connectivity index (χ4v) is 5.32. The molecule has 6 heteroatoms. The van der Waals surface area contributed by atoms with Gasteiger partial charge in [0.1, 0.15) is 0 Å². The summed E-state index contributed by atoms with van der Waals surface area (Å²) in [5.74, 6) is 0.740. The van der Waals surface area contributed by atoms with E-state index in [9.17, 15) is 4.79 Å². The topological polar surface area (TPSA) is 56.0 Å². The summed E-state index contributed by atoms with van der Waals surface area (Å²) in [5.41, 5.74) is 5.72. The number of imidazole rings is 1. The highest BCUT2D eigenvalue weighted by Gasteiger charge is 2.31. The predicted octanol–water partition coefficient (Wildman–Crippen LogP) is 4.46. The highest BCUT2D eigenvalue weighted by atomic mass is 16.2. The average Bonchev–Trinajstić information content (AvgIpc) is 3.55. The van der Waals surface area contributed by atoms with Crippen molar-refractivity contribution in [2.75, 3.05) is 13.1 Å². The van der Waals surface area contributed by atoms with E-state index < -0.39 is 0 Å². The number of likely N-dealkylation sites (tertiary alicyclic amines) is 1. The van der Waals surface area contributed by atoms with E-state index >= 15 is 0 Å². The molecule has 4 heterocycles. The van der Waals surface area contributed by atoms with Crippen molar-refractivity contribution in [2.24, 2.45) is 5.92 Å². The van der Waals surface area contributed by atoms with Gasteiger partial charge in [-0.05, 0) is 30.5 Å². The lowest BCUT2D eigenvalue weighted by molar-refractivity contribution is -0.133. The smallest absolute Gasteiger partial charge is 0.224 e. The van der Waals surface area contributed by atoms with Crippen LogP contribution in [-0.4, -0.2) is 43.0 Å². The SMILES string of the molecule is C[C@@H]1CCN(C(=O)CCn2cnc3ccccc32)C[C@@H]1n1ccc2cnc3c(c21)C=CC3. The minimum absolute atomic E-state index is 0.225. The summed E-state index contributed by atoms with van der Waals surface area (Å²) in [7, 11) is 0. The van der Waals surface area contributed by atoms with E-state index in [1.165, 1.54) is 16.5 Å². The quantitative estimate of drug-likeness (QED) is 0.485. The van der Waals surface area contributed by atoms with Crippen LogP contribution in [0.25, 0.3) is 28.0 Å². The minimum Gasteiger partial charge on any atom is -0.342 e. The van der Waals surface area contributed by atoms with Gasteiger partial charge in [0.2, 0.25) is 5.91 Å². The number of piperidine rings is 1. The summed E-state index contributed by atoms with van der Waals surface area (Å²) < 4.78 is 4.48. The third-order valence-electron chi connectivity index (χ3n) is 7.19. The Labute approximate surface area is 187 Å². The molecule has 0 unspecified atom stereocenters. The maximum Gasteiger partial charge on any atom is 0.224 e. The van der Waals surface area contributed by atoms with Crippen LogP contribution in [-0.2, 0) is 17.8 Å². The number of carbonyl (C=O) groups is 1. The van der Waals surface area contributed by atoms with E-state index in [2.05, 4.69) is 61.4 Å². The molecule has 3 aromatic heterocycles. The van der Waals surface area contributed by atoms with Crippen LogP contribution in [0.4, 0.5) is 0 Å². The van der Waals surface area contributed by atoms with Gasteiger partial charge in [0, 0.05) is 55.8 Å². The monoisotopic (exact) mass is 425 g/mol. The van der Waals surface area contributed by atoms with Gasteiger partial charge in [-0.25, -0.2) is 4.98 Å². The van der Waals surface area contributed by atoms with Crippen LogP contribution in [0.2, 0.25) is 0 Å². The zero-order valence-corrected chi connectivity index (χ0v) is 18.3. The molecule has 0 N–H and O–H groups in total. The van der Waals surface area contributed by atoms with Crippen LogP contribution in [0.1, 0.15) is 37.1 Å². The first-order valence-electron chi connectivity index (χ1n) is 11.5. The standard InChI is InChI=1S/C26H27N5O/c1-18-9-12-29(25(32)11-13-30-17-28-22-6-2-3-8-23(22)30)16-24(18)31-14-10-19-15-27-21-7-4-5-20(21)26(19)31/h2-6,8,10,14-15,17-18,24H,7,9,11-13,16H2,1H3/t18-,24+/m1/s1. The van der Waals surface area contributed by atoms with Crippen molar-refractivity contribution in [1.29, 1.82) is 0 Å². The van der Waals surface area contributed by atoms with Crippen LogP contribution in [0.15, 0.2) is 55.1 Å². The molecule has 6 rings (SSSR count). The summed E-state index contributed by atoms with van der Waals surface area (Å²) >= 11 is 0. The molecule has 4 aromatic rings. The second-order valence-electron chi connectivity index (χ2n) is 9.10. The second kappa shape index (κ2) is 7.62. The number of allylic oxidation sites excluding steroid dienone is 1. The number of pyridine rings is 1. The van der Waals surface area contributed by atoms with Gasteiger partial charge in [-0.2, -0.15) is 0 Å². The van der Waals surface area contributed by atoms with Gasteiger partial charge in [-0.1, -0.05) is 31.2 Å². The molecule has 162 valence electrons. The molecule has 1 aliphatic heterocycles. The highest BCUT2D eigenvalue weighted by Crippen LogP contribution is 2.35. The number of hydrogen-bond acceptors (Lipinski definition) is 3. The van der Waals surface area contributed by atoms with Gasteiger partial charge >= 0.3 is 0 Å². The zero-order chi connectivity index (χ0) is 21.7. The average molecular weight is 426 g/mol. The van der Waals surface area contributed by atoms with Gasteiger partial charge in [-0.15, -0.1) is 0 Å². The minimum atomic E-state index is 0.225. The van der Waals surface area contributed by atoms with Crippen LogP contribution in [0.3, 0.4) is 0 Å². The van der Waals surface area contributed by atoms with E-state index in [1.807, 2.05) is 30.7 Å². The van der Waals surface area contributed by atoms with Crippen LogP contribution in [0.5, 0.6) is 0 Å². The molecule has 0 bridgehead atoms. The Balaban J connectivity index is 1.22. The van der Waals surface area contributed by atoms with Crippen LogP contribution in [0, 0.1) is 5.92 Å². The summed E-state index contributed by atoms with van der Waals surface area (Å²) in [6.45, 7) is 4.56. The molecule has 0 radical (unpaired) electrons. The van der Waals surface area contributed by atoms with E-state index in [-0.39, 0.29) is 11.9 Å². The third kappa shape index (κ3) is 3.13. The van der Waals surface area contributed by atoms with Gasteiger partial charge in [0.05, 0.1) is 34.6 Å². The van der Waals surface area contributed by atoms with Gasteiger partial charge in [-0.3, -0.25) is 9.78 Å². The van der Waals surface area contributed by atoms with Crippen molar-refractivity contribution >= 4 is 33.9 Å². The molecule has 2 aliphatic rings. The Hall–Kier alpha value is -3.41. The number of carbonyl (C=O) groups excluding carboxylic acids is 1. The highest BCUT2D eigenvalue weighted by molar-refractivity contribution is 5.90. The summed E-state index contributed by atoms with van der Waals surface area (Å²) in [6.07, 6.45) is 12.8. The maximum atomic E-state index is 13.2. The first kappa shape index (κ1) is 19.3. The Morgan fingerprint density at radius 3 is 3.03 bits per heavy atom. The summed E-state index contributed by atoms with van der Waals surface area (Å²) in [6, 6.07) is 10.5. The Morgan fingerprint density at radius 2 is 2.09 bits per heavy atom. The van der Waals surface area contributed by atoms with Crippen LogP contribution >= 0.6 is 0 Å². The molecular weight excluding hydrogens is 398 g/mol. The molecule has 0 spiro atoms. The number of aromatic nitrogens is 4. The molecular formula is C26H27N5O. The lowest BCUT2D eigenvalue weighted by Gasteiger charge is -2.38. The molecule has 32 heavy (non-hydrogen) atoms. The molecule has 1 aliphatic carbocycles. The van der Waals surface area contributed by atoms with Gasteiger partial charge in [0.25, 0.3) is 0 Å². The largest absolute Gasteiger partial charge is 0.342 e. The van der Waals surface area contributed by atoms with E-state index in [0.717, 1.165) is 42.7 Å². The normalized spacial score (nSPS) is 20.3. The van der Waals surface area contributed by atoms with Gasteiger partial charge < -0.3 is 14.0 Å². The Bertz CT molecular complexity index is 1350. The number of para-hydroxylation sites is 2. The van der Waals surface area contributed by atoms with Crippen molar-refractivity contribution in [3.05, 3.63) is 66.4 Å². The van der Waals surface area contributed by atoms with Crippen molar-refractivity contribution in [1.82, 2.24) is 24.0 Å². The summed E-state index contributed by atoms with van der Waals surface area (Å²) in [5, 5.41) is 1.18. The summed E-state index contributed by atoms with van der Waals surface area (Å²) in [4.78, 5) is 24.3. The first-order chi connectivity index (χ1) is 15.7. The fourth-order valence-electron chi connectivity index (χ4n) is 5.32. The predicted molar refractivity (Wildman–Crippen MR) is 126 cm³/mol. The van der Waals surface area contributed by atoms with Gasteiger partial charge in [0.15, 0.2) is 0 Å². The number of amides is 1. The number of nitrogens with zero attached hydrogens (tertiary/aromatic N) is 5. The maximum absolute atomic E-state index is 13.2. The Kier molecular flexibility index (Phi) is 4.59. The van der Waals surface area contributed by atoms with E-state index in [1.54, 1.807) is 0 Å². The number of benzene rings is 1. The first-order valence-corrected chi connectivity index (χ1v) is 11.5. The molecule has 6 nitrogen and oxygen atoms in total. The molecule has 1 saturated heterocycles. The lowest BCUT2D eigenvalue weighted by Crippen LogP contribution is -2.44. The molecule has 1 fully saturated rings. The van der Waals surface area contributed by atoms with Crippen LogP contribution < -0.4 is 0 Å². The zero-order valence-electron chi connectivity index (χ0n) is 18.3. The Morgan fingerprint density at radius 1 is 1.19 bits per heavy atom. The number of hydrogen-bond donors (Lipinski definition) is 0. The molecule has 2 atom stereocenters. The second-order valence-corrected chi connectivity index (χ2v) is 9.10. The number of aryl methyl sites for hydroxylation is 1. The van der Waals surface area contributed by atoms with E-state index in [4.69, 9.17) is 0 Å². The number of rotatable bonds is 4. The molecule has 1 amide bonds. The molecule has 0 saturated carbocycles. The van der Waals surface area contributed by atoms with Crippen molar-refractivity contribution < 1.29 is 4.79 Å². The van der Waals surface area contributed by atoms with Crippen molar-refractivity contribution in [3.8, 4) is 0 Å². The lowest BCUT2D eigenvalue weighted by atomic mass is 9.92. The molecule has 1 aromatic carbocycles. The van der Waals surface area contributed by atoms with E-state index in [0.29, 0.717) is 18.9 Å². The number of fused-ring (bicyclic) bond motifs is 4. The third-order valence-corrected chi connectivity index (χ3v) is 7.19.